The first kappa shape index (κ1) is 11.2. The molecule has 0 aliphatic carbocycles. The van der Waals surface area contributed by atoms with E-state index >= 15 is 0 Å². The lowest BCUT2D eigenvalue weighted by atomic mass is 10.1. The van der Waals surface area contributed by atoms with Gasteiger partial charge in [-0.3, -0.25) is 4.79 Å². The predicted molar refractivity (Wildman–Crippen MR) is 69.6 cm³/mol. The number of hydrogen-bond donors (Lipinski definition) is 2. The van der Waals surface area contributed by atoms with Gasteiger partial charge in [0.05, 0.1) is 11.2 Å². The van der Waals surface area contributed by atoms with Crippen molar-refractivity contribution in [1.29, 1.82) is 0 Å². The quantitative estimate of drug-likeness (QED) is 0.792. The number of fused-ring (bicyclic) bond motifs is 1. The minimum atomic E-state index is -0.332. The molecule has 0 spiro atoms. The lowest BCUT2D eigenvalue weighted by Gasteiger charge is -2.29. The van der Waals surface area contributed by atoms with Gasteiger partial charge in [-0.15, -0.1) is 0 Å². The number of anilines is 1. The van der Waals surface area contributed by atoms with E-state index in [1.54, 1.807) is 12.3 Å². The summed E-state index contributed by atoms with van der Waals surface area (Å²) in [6.07, 6.45) is 1.59. The standard InChI is InChI=1S/C13H14FN3O/c14-10-7-9-11(16-2-1-13(9)18)8-12(10)17-5-3-15-4-6-17/h1-2,7-8,15H,3-6H2,(H,16,18). The second-order valence-corrected chi connectivity index (χ2v) is 4.43. The molecule has 1 aromatic heterocycles. The van der Waals surface area contributed by atoms with Gasteiger partial charge in [-0.25, -0.2) is 4.39 Å². The summed E-state index contributed by atoms with van der Waals surface area (Å²) in [5.74, 6) is -0.332. The summed E-state index contributed by atoms with van der Waals surface area (Å²) in [4.78, 5) is 16.6. The SMILES string of the molecule is O=c1cc[nH]c2cc(N3CCNCC3)c(F)cc12. The largest absolute Gasteiger partial charge is 0.367 e. The molecule has 0 bridgehead atoms. The number of benzene rings is 1. The number of nitrogens with zero attached hydrogens (tertiary/aromatic N) is 1. The highest BCUT2D eigenvalue weighted by molar-refractivity contribution is 5.82. The monoisotopic (exact) mass is 247 g/mol. The number of piperazine rings is 1. The van der Waals surface area contributed by atoms with Crippen molar-refractivity contribution in [2.45, 2.75) is 0 Å². The number of pyridine rings is 1. The Morgan fingerprint density at radius 2 is 2.00 bits per heavy atom. The molecule has 1 aromatic carbocycles. The number of halogens is 1. The van der Waals surface area contributed by atoms with Crippen LogP contribution in [0.5, 0.6) is 0 Å². The van der Waals surface area contributed by atoms with Crippen molar-refractivity contribution >= 4 is 16.6 Å². The number of aromatic nitrogens is 1. The van der Waals surface area contributed by atoms with Gasteiger partial charge in [-0.05, 0) is 12.1 Å². The van der Waals surface area contributed by atoms with E-state index in [0.29, 0.717) is 16.6 Å². The molecule has 4 nitrogen and oxygen atoms in total. The summed E-state index contributed by atoms with van der Waals surface area (Å²) in [7, 11) is 0. The van der Waals surface area contributed by atoms with Crippen molar-refractivity contribution in [1.82, 2.24) is 10.3 Å². The number of aromatic amines is 1. The van der Waals surface area contributed by atoms with Crippen LogP contribution < -0.4 is 15.6 Å². The van der Waals surface area contributed by atoms with Gasteiger partial charge in [0.1, 0.15) is 5.82 Å². The zero-order valence-electron chi connectivity index (χ0n) is 9.87. The van der Waals surface area contributed by atoms with Gasteiger partial charge in [0, 0.05) is 43.8 Å². The highest BCUT2D eigenvalue weighted by Gasteiger charge is 2.15. The fraction of sp³-hybridized carbons (Fsp3) is 0.308. The molecule has 0 atom stereocenters. The van der Waals surface area contributed by atoms with Crippen molar-refractivity contribution in [3.05, 3.63) is 40.4 Å². The van der Waals surface area contributed by atoms with E-state index in [2.05, 4.69) is 10.3 Å². The van der Waals surface area contributed by atoms with E-state index < -0.39 is 0 Å². The summed E-state index contributed by atoms with van der Waals surface area (Å²) in [6.45, 7) is 3.25. The molecule has 2 heterocycles. The van der Waals surface area contributed by atoms with Crippen molar-refractivity contribution in [2.24, 2.45) is 0 Å². The smallest absolute Gasteiger partial charge is 0.189 e. The maximum Gasteiger partial charge on any atom is 0.189 e. The van der Waals surface area contributed by atoms with Crippen LogP contribution in [0.2, 0.25) is 0 Å². The van der Waals surface area contributed by atoms with Crippen LogP contribution in [-0.2, 0) is 0 Å². The Morgan fingerprint density at radius 1 is 1.22 bits per heavy atom. The van der Waals surface area contributed by atoms with Gasteiger partial charge in [-0.1, -0.05) is 0 Å². The van der Waals surface area contributed by atoms with E-state index in [-0.39, 0.29) is 11.2 Å². The van der Waals surface area contributed by atoms with E-state index in [4.69, 9.17) is 0 Å². The second-order valence-electron chi connectivity index (χ2n) is 4.43. The molecular formula is C13H14FN3O. The molecule has 2 N–H and O–H groups in total. The lowest BCUT2D eigenvalue weighted by Crippen LogP contribution is -2.43. The summed E-state index contributed by atoms with van der Waals surface area (Å²) < 4.78 is 14.1. The summed E-state index contributed by atoms with van der Waals surface area (Å²) in [5, 5.41) is 3.63. The number of H-pyrrole nitrogens is 1. The fourth-order valence-electron chi connectivity index (χ4n) is 2.33. The van der Waals surface area contributed by atoms with Crippen LogP contribution in [0.4, 0.5) is 10.1 Å². The zero-order chi connectivity index (χ0) is 12.5. The second kappa shape index (κ2) is 4.42. The first-order valence-electron chi connectivity index (χ1n) is 6.02. The van der Waals surface area contributed by atoms with Crippen molar-refractivity contribution in [2.75, 3.05) is 31.1 Å². The molecule has 0 amide bonds. The molecule has 5 heteroatoms. The van der Waals surface area contributed by atoms with Gasteiger partial charge in [0.25, 0.3) is 0 Å². The van der Waals surface area contributed by atoms with E-state index in [1.165, 1.54) is 12.1 Å². The van der Waals surface area contributed by atoms with Crippen molar-refractivity contribution in [3.63, 3.8) is 0 Å². The molecule has 0 radical (unpaired) electrons. The summed E-state index contributed by atoms with van der Waals surface area (Å²) in [5.41, 5.74) is 1.08. The Morgan fingerprint density at radius 3 is 2.78 bits per heavy atom. The van der Waals surface area contributed by atoms with Crippen LogP contribution in [0, 0.1) is 5.82 Å². The average molecular weight is 247 g/mol. The fourth-order valence-corrected chi connectivity index (χ4v) is 2.33. The van der Waals surface area contributed by atoms with Crippen LogP contribution >= 0.6 is 0 Å². The molecule has 1 saturated heterocycles. The minimum absolute atomic E-state index is 0.158. The first-order chi connectivity index (χ1) is 8.75. The normalized spacial score (nSPS) is 16.2. The van der Waals surface area contributed by atoms with Crippen LogP contribution in [0.15, 0.2) is 29.2 Å². The Labute approximate surface area is 103 Å². The topological polar surface area (TPSA) is 48.1 Å². The number of rotatable bonds is 1. The third kappa shape index (κ3) is 1.86. The average Bonchev–Trinajstić information content (AvgIpc) is 2.40. The third-order valence-corrected chi connectivity index (χ3v) is 3.28. The van der Waals surface area contributed by atoms with Gasteiger partial charge >= 0.3 is 0 Å². The number of hydrogen-bond acceptors (Lipinski definition) is 3. The zero-order valence-corrected chi connectivity index (χ0v) is 9.87. The van der Waals surface area contributed by atoms with Gasteiger partial charge < -0.3 is 15.2 Å². The molecule has 1 aliphatic rings. The van der Waals surface area contributed by atoms with E-state index in [1.807, 2.05) is 4.90 Å². The Balaban J connectivity index is 2.12. The van der Waals surface area contributed by atoms with Gasteiger partial charge in [-0.2, -0.15) is 0 Å². The predicted octanol–water partition coefficient (Wildman–Crippen LogP) is 1.08. The number of nitrogens with one attached hydrogen (secondary N) is 2. The van der Waals surface area contributed by atoms with Crippen LogP contribution in [0.25, 0.3) is 10.9 Å². The third-order valence-electron chi connectivity index (χ3n) is 3.28. The molecule has 94 valence electrons. The van der Waals surface area contributed by atoms with Gasteiger partial charge in [0.15, 0.2) is 5.43 Å². The molecule has 0 unspecified atom stereocenters. The summed E-state index contributed by atoms with van der Waals surface area (Å²) in [6, 6.07) is 4.45. The Bertz CT molecular complexity index is 632. The Hall–Kier alpha value is -1.88. The van der Waals surface area contributed by atoms with Crippen molar-refractivity contribution in [3.8, 4) is 0 Å². The highest BCUT2D eigenvalue weighted by atomic mass is 19.1. The highest BCUT2D eigenvalue weighted by Crippen LogP contribution is 2.23. The van der Waals surface area contributed by atoms with Crippen LogP contribution in [-0.4, -0.2) is 31.2 Å². The molecule has 18 heavy (non-hydrogen) atoms. The molecule has 1 fully saturated rings. The molecular weight excluding hydrogens is 233 g/mol. The maximum absolute atomic E-state index is 14.1. The summed E-state index contributed by atoms with van der Waals surface area (Å²) >= 11 is 0. The molecule has 1 aliphatic heterocycles. The maximum atomic E-state index is 14.1. The van der Waals surface area contributed by atoms with Crippen molar-refractivity contribution < 1.29 is 4.39 Å². The molecule has 3 rings (SSSR count). The van der Waals surface area contributed by atoms with Gasteiger partial charge in [0.2, 0.25) is 0 Å². The van der Waals surface area contributed by atoms with Crippen LogP contribution in [0.3, 0.4) is 0 Å². The van der Waals surface area contributed by atoms with E-state index in [9.17, 15) is 9.18 Å². The molecule has 0 saturated carbocycles. The molecule has 2 aromatic rings. The first-order valence-corrected chi connectivity index (χ1v) is 6.02. The van der Waals surface area contributed by atoms with E-state index in [0.717, 1.165) is 26.2 Å². The van der Waals surface area contributed by atoms with Crippen LogP contribution in [0.1, 0.15) is 0 Å². The Kier molecular flexibility index (Phi) is 2.76. The lowest BCUT2D eigenvalue weighted by molar-refractivity contribution is 0.567. The minimum Gasteiger partial charge on any atom is -0.367 e.